The number of halogens is 3. The third-order valence-corrected chi connectivity index (χ3v) is 2.47. The fourth-order valence-electron chi connectivity index (χ4n) is 1.50. The van der Waals surface area contributed by atoms with Crippen LogP contribution in [0.15, 0.2) is 30.5 Å². The molecule has 0 fully saturated rings. The van der Waals surface area contributed by atoms with Crippen LogP contribution >= 0.6 is 0 Å². The largest absolute Gasteiger partial charge is 0.416 e. The Morgan fingerprint density at radius 2 is 2.00 bits per heavy atom. The standard InChI is InChI=1S/C11H10F3N3/c1-7-10(15)6-16-17(7)9-4-2-3-8(5-9)11(12,13)14/h2-6H,15H2,1H3. The molecular weight excluding hydrogens is 231 g/mol. The average molecular weight is 241 g/mol. The molecule has 1 aromatic heterocycles. The van der Waals surface area contributed by atoms with E-state index in [9.17, 15) is 13.2 Å². The Morgan fingerprint density at radius 1 is 1.29 bits per heavy atom. The van der Waals surface area contributed by atoms with Crippen molar-refractivity contribution < 1.29 is 13.2 Å². The van der Waals surface area contributed by atoms with Gasteiger partial charge in [-0.05, 0) is 25.1 Å². The highest BCUT2D eigenvalue weighted by Crippen LogP contribution is 2.30. The Kier molecular flexibility index (Phi) is 2.57. The number of anilines is 1. The van der Waals surface area contributed by atoms with Crippen LogP contribution in [0.3, 0.4) is 0 Å². The number of nitrogens with two attached hydrogens (primary N) is 1. The molecule has 2 rings (SSSR count). The van der Waals surface area contributed by atoms with Gasteiger partial charge in [0.1, 0.15) is 0 Å². The van der Waals surface area contributed by atoms with Gasteiger partial charge in [-0.25, -0.2) is 4.68 Å². The van der Waals surface area contributed by atoms with Gasteiger partial charge in [-0.1, -0.05) is 6.07 Å². The van der Waals surface area contributed by atoms with Crippen LogP contribution in [0.1, 0.15) is 11.3 Å². The van der Waals surface area contributed by atoms with Gasteiger partial charge in [0, 0.05) is 0 Å². The van der Waals surface area contributed by atoms with Crippen LogP contribution in [-0.4, -0.2) is 9.78 Å². The maximum absolute atomic E-state index is 12.5. The zero-order valence-corrected chi connectivity index (χ0v) is 8.99. The van der Waals surface area contributed by atoms with Crippen molar-refractivity contribution in [3.8, 4) is 5.69 Å². The van der Waals surface area contributed by atoms with Crippen LogP contribution in [0.2, 0.25) is 0 Å². The minimum absolute atomic E-state index is 0.342. The van der Waals surface area contributed by atoms with E-state index in [1.807, 2.05) is 0 Å². The van der Waals surface area contributed by atoms with Gasteiger partial charge >= 0.3 is 6.18 Å². The zero-order chi connectivity index (χ0) is 12.6. The summed E-state index contributed by atoms with van der Waals surface area (Å²) < 4.78 is 39.0. The number of nitrogen functional groups attached to an aromatic ring is 1. The Morgan fingerprint density at radius 3 is 2.53 bits per heavy atom. The van der Waals surface area contributed by atoms with E-state index >= 15 is 0 Å². The van der Waals surface area contributed by atoms with Gasteiger partial charge in [0.2, 0.25) is 0 Å². The lowest BCUT2D eigenvalue weighted by molar-refractivity contribution is -0.137. The van der Waals surface area contributed by atoms with Gasteiger partial charge in [-0.15, -0.1) is 0 Å². The Hall–Kier alpha value is -1.98. The number of aromatic nitrogens is 2. The summed E-state index contributed by atoms with van der Waals surface area (Å²) in [4.78, 5) is 0. The van der Waals surface area contributed by atoms with Gasteiger partial charge < -0.3 is 5.73 Å². The highest BCUT2D eigenvalue weighted by molar-refractivity contribution is 5.46. The molecule has 0 radical (unpaired) electrons. The monoisotopic (exact) mass is 241 g/mol. The normalized spacial score (nSPS) is 11.8. The minimum atomic E-state index is -4.36. The first-order valence-electron chi connectivity index (χ1n) is 4.87. The summed E-state index contributed by atoms with van der Waals surface area (Å²) in [7, 11) is 0. The molecule has 90 valence electrons. The van der Waals surface area contributed by atoms with Crippen LogP contribution in [0.5, 0.6) is 0 Å². The summed E-state index contributed by atoms with van der Waals surface area (Å²) in [6.07, 6.45) is -2.95. The fraction of sp³-hybridized carbons (Fsp3) is 0.182. The number of nitrogens with zero attached hydrogens (tertiary/aromatic N) is 2. The summed E-state index contributed by atoms with van der Waals surface area (Å²) in [6.45, 7) is 1.70. The number of benzene rings is 1. The molecular formula is C11H10F3N3. The predicted molar refractivity (Wildman–Crippen MR) is 57.7 cm³/mol. The molecule has 0 amide bonds. The zero-order valence-electron chi connectivity index (χ0n) is 8.99. The molecule has 2 aromatic rings. The topological polar surface area (TPSA) is 43.8 Å². The lowest BCUT2D eigenvalue weighted by atomic mass is 10.2. The predicted octanol–water partition coefficient (Wildman–Crippen LogP) is 2.78. The summed E-state index contributed by atoms with van der Waals surface area (Å²) in [6, 6.07) is 4.95. The van der Waals surface area contributed by atoms with E-state index in [0.29, 0.717) is 17.1 Å². The molecule has 0 atom stereocenters. The summed E-state index contributed by atoms with van der Waals surface area (Å²) in [5.74, 6) is 0. The molecule has 0 aliphatic rings. The van der Waals surface area contributed by atoms with Crippen molar-refractivity contribution in [1.82, 2.24) is 9.78 Å². The van der Waals surface area contributed by atoms with E-state index in [-0.39, 0.29) is 0 Å². The van der Waals surface area contributed by atoms with E-state index in [4.69, 9.17) is 5.73 Å². The van der Waals surface area contributed by atoms with Crippen LogP contribution < -0.4 is 5.73 Å². The second-order valence-corrected chi connectivity index (χ2v) is 3.65. The number of hydrogen-bond acceptors (Lipinski definition) is 2. The van der Waals surface area contributed by atoms with Crippen LogP contribution in [0.25, 0.3) is 5.69 Å². The molecule has 3 nitrogen and oxygen atoms in total. The SMILES string of the molecule is Cc1c(N)cnn1-c1cccc(C(F)(F)F)c1. The molecule has 6 heteroatoms. The fourth-order valence-corrected chi connectivity index (χ4v) is 1.50. The van der Waals surface area contributed by atoms with Crippen molar-refractivity contribution >= 4 is 5.69 Å². The second kappa shape index (κ2) is 3.80. The van der Waals surface area contributed by atoms with Crippen LogP contribution in [0.4, 0.5) is 18.9 Å². The molecule has 17 heavy (non-hydrogen) atoms. The van der Waals surface area contributed by atoms with Crippen molar-refractivity contribution in [2.24, 2.45) is 0 Å². The molecule has 0 saturated carbocycles. The van der Waals surface area contributed by atoms with E-state index in [0.717, 1.165) is 12.1 Å². The van der Waals surface area contributed by atoms with Crippen molar-refractivity contribution in [2.75, 3.05) is 5.73 Å². The second-order valence-electron chi connectivity index (χ2n) is 3.65. The smallest absolute Gasteiger partial charge is 0.396 e. The van der Waals surface area contributed by atoms with E-state index in [2.05, 4.69) is 5.10 Å². The van der Waals surface area contributed by atoms with Crippen LogP contribution in [0, 0.1) is 6.92 Å². The van der Waals surface area contributed by atoms with Gasteiger partial charge in [0.15, 0.2) is 0 Å². The van der Waals surface area contributed by atoms with Gasteiger partial charge in [-0.3, -0.25) is 0 Å². The molecule has 2 N–H and O–H groups in total. The lowest BCUT2D eigenvalue weighted by Crippen LogP contribution is -2.07. The first-order valence-corrected chi connectivity index (χ1v) is 4.87. The molecule has 0 bridgehead atoms. The quantitative estimate of drug-likeness (QED) is 0.834. The molecule has 0 spiro atoms. The molecule has 1 heterocycles. The summed E-state index contributed by atoms with van der Waals surface area (Å²) in [5.41, 5.74) is 6.29. The molecule has 0 aliphatic heterocycles. The molecule has 0 unspecified atom stereocenters. The highest BCUT2D eigenvalue weighted by Gasteiger charge is 2.30. The molecule has 0 saturated heterocycles. The molecule has 1 aromatic carbocycles. The maximum atomic E-state index is 12.5. The Bertz CT molecular complexity index is 543. The Balaban J connectivity index is 2.51. The average Bonchev–Trinajstić information content (AvgIpc) is 2.59. The van der Waals surface area contributed by atoms with E-state index in [1.165, 1.54) is 16.9 Å². The van der Waals surface area contributed by atoms with Gasteiger partial charge in [0.05, 0.1) is 28.8 Å². The highest BCUT2D eigenvalue weighted by atomic mass is 19.4. The van der Waals surface area contributed by atoms with E-state index in [1.54, 1.807) is 13.0 Å². The summed E-state index contributed by atoms with van der Waals surface area (Å²) >= 11 is 0. The number of alkyl halides is 3. The lowest BCUT2D eigenvalue weighted by Gasteiger charge is -2.09. The third-order valence-electron chi connectivity index (χ3n) is 2.47. The van der Waals surface area contributed by atoms with Crippen molar-refractivity contribution in [3.05, 3.63) is 41.7 Å². The van der Waals surface area contributed by atoms with Gasteiger partial charge in [-0.2, -0.15) is 18.3 Å². The van der Waals surface area contributed by atoms with Gasteiger partial charge in [0.25, 0.3) is 0 Å². The maximum Gasteiger partial charge on any atom is 0.416 e. The molecule has 0 aliphatic carbocycles. The van der Waals surface area contributed by atoms with Crippen molar-refractivity contribution in [3.63, 3.8) is 0 Å². The number of rotatable bonds is 1. The van der Waals surface area contributed by atoms with Crippen molar-refractivity contribution in [1.29, 1.82) is 0 Å². The van der Waals surface area contributed by atoms with E-state index < -0.39 is 11.7 Å². The first kappa shape index (κ1) is 11.5. The summed E-state index contributed by atoms with van der Waals surface area (Å²) in [5, 5.41) is 3.93. The number of hydrogen-bond donors (Lipinski definition) is 1. The van der Waals surface area contributed by atoms with Crippen molar-refractivity contribution in [2.45, 2.75) is 13.1 Å². The Labute approximate surface area is 95.7 Å². The minimum Gasteiger partial charge on any atom is -0.396 e. The van der Waals surface area contributed by atoms with Crippen LogP contribution in [-0.2, 0) is 6.18 Å². The third kappa shape index (κ3) is 2.11. The first-order chi connectivity index (χ1) is 7.89.